The number of ether oxygens (including phenoxy) is 3. The Morgan fingerprint density at radius 2 is 2.05 bits per heavy atom. The van der Waals surface area contributed by atoms with E-state index in [2.05, 4.69) is 19.2 Å². The van der Waals surface area contributed by atoms with E-state index in [1.807, 2.05) is 12.1 Å². The number of aliphatic hydroxyl groups excluding tert-OH is 1. The molecule has 0 aliphatic carbocycles. The monoisotopic (exact) mass is 281 g/mol. The summed E-state index contributed by atoms with van der Waals surface area (Å²) in [4.78, 5) is 0. The largest absolute Gasteiger partial charge is 0.493 e. The first-order valence-corrected chi connectivity index (χ1v) is 7.00. The van der Waals surface area contributed by atoms with Crippen LogP contribution in [0.25, 0.3) is 0 Å². The van der Waals surface area contributed by atoms with Crippen LogP contribution in [-0.4, -0.2) is 31.2 Å². The van der Waals surface area contributed by atoms with E-state index in [0.29, 0.717) is 23.8 Å². The molecule has 2 N–H and O–H groups in total. The molecule has 0 fully saturated rings. The molecule has 0 radical (unpaired) electrons. The Kier molecular flexibility index (Phi) is 4.73. The van der Waals surface area contributed by atoms with Crippen molar-refractivity contribution in [1.82, 2.24) is 5.32 Å². The van der Waals surface area contributed by atoms with Gasteiger partial charge < -0.3 is 24.6 Å². The lowest BCUT2D eigenvalue weighted by Gasteiger charge is -2.31. The molecule has 1 heterocycles. The van der Waals surface area contributed by atoms with Crippen LogP contribution < -0.4 is 19.5 Å². The summed E-state index contributed by atoms with van der Waals surface area (Å²) in [7, 11) is 1.62. The third kappa shape index (κ3) is 2.83. The molecule has 0 aromatic heterocycles. The van der Waals surface area contributed by atoms with Crippen molar-refractivity contribution in [2.24, 2.45) is 0 Å². The van der Waals surface area contributed by atoms with Crippen LogP contribution in [0.4, 0.5) is 0 Å². The van der Waals surface area contributed by atoms with Gasteiger partial charge in [0.1, 0.15) is 0 Å². The topological polar surface area (TPSA) is 60.0 Å². The van der Waals surface area contributed by atoms with Crippen LogP contribution in [0.2, 0.25) is 0 Å². The predicted octanol–water partition coefficient (Wildman–Crippen LogP) is 2.06. The maximum atomic E-state index is 9.58. The van der Waals surface area contributed by atoms with E-state index in [9.17, 15) is 5.11 Å². The number of methoxy groups -OCH3 is 1. The first-order chi connectivity index (χ1) is 9.68. The van der Waals surface area contributed by atoms with Crippen LogP contribution in [0, 0.1) is 0 Å². The summed E-state index contributed by atoms with van der Waals surface area (Å²) in [6.07, 6.45) is 1.75. The number of rotatable bonds is 7. The van der Waals surface area contributed by atoms with E-state index in [4.69, 9.17) is 14.2 Å². The first kappa shape index (κ1) is 14.9. The molecular formula is C15H23NO4. The van der Waals surface area contributed by atoms with Crippen LogP contribution in [-0.2, 0) is 6.54 Å². The van der Waals surface area contributed by atoms with E-state index in [1.54, 1.807) is 7.11 Å². The van der Waals surface area contributed by atoms with E-state index >= 15 is 0 Å². The van der Waals surface area contributed by atoms with Crippen LogP contribution in [0.15, 0.2) is 12.1 Å². The highest BCUT2D eigenvalue weighted by Gasteiger charge is 2.25. The van der Waals surface area contributed by atoms with Gasteiger partial charge >= 0.3 is 0 Å². The highest BCUT2D eigenvalue weighted by molar-refractivity contribution is 5.55. The second-order valence-corrected chi connectivity index (χ2v) is 5.03. The number of hydrogen-bond acceptors (Lipinski definition) is 5. The smallest absolute Gasteiger partial charge is 0.231 e. The summed E-state index contributed by atoms with van der Waals surface area (Å²) in [5.41, 5.74) is 0.815. The minimum Gasteiger partial charge on any atom is -0.493 e. The zero-order valence-electron chi connectivity index (χ0n) is 12.4. The standard InChI is InChI=1S/C15H23NO4/c1-4-15(5-2,9-17)16-8-11-6-12(18-3)14-13(7-11)19-10-20-14/h6-7,16-17H,4-5,8-10H2,1-3H3. The second-order valence-electron chi connectivity index (χ2n) is 5.03. The molecule has 112 valence electrons. The fourth-order valence-electron chi connectivity index (χ4n) is 2.36. The fourth-order valence-corrected chi connectivity index (χ4v) is 2.36. The van der Waals surface area contributed by atoms with E-state index in [1.165, 1.54) is 0 Å². The SMILES string of the molecule is CCC(CC)(CO)NCc1cc(OC)c2c(c1)OCO2. The summed E-state index contributed by atoms with van der Waals surface area (Å²) in [5.74, 6) is 2.05. The van der Waals surface area contributed by atoms with Crippen molar-refractivity contribution in [3.05, 3.63) is 17.7 Å². The number of fused-ring (bicyclic) bond motifs is 1. The second kappa shape index (κ2) is 6.33. The highest BCUT2D eigenvalue weighted by Crippen LogP contribution is 2.41. The van der Waals surface area contributed by atoms with E-state index < -0.39 is 0 Å². The summed E-state index contributed by atoms with van der Waals surface area (Å²) in [6.45, 7) is 5.16. The molecule has 1 aromatic rings. The molecule has 1 aromatic carbocycles. The first-order valence-electron chi connectivity index (χ1n) is 7.00. The van der Waals surface area contributed by atoms with Crippen molar-refractivity contribution in [2.75, 3.05) is 20.5 Å². The summed E-state index contributed by atoms with van der Waals surface area (Å²) >= 11 is 0. The Balaban J connectivity index is 2.14. The van der Waals surface area contributed by atoms with Gasteiger partial charge in [0.15, 0.2) is 11.5 Å². The average molecular weight is 281 g/mol. The molecule has 0 atom stereocenters. The molecule has 0 unspecified atom stereocenters. The average Bonchev–Trinajstić information content (AvgIpc) is 2.97. The van der Waals surface area contributed by atoms with Gasteiger partial charge in [-0.3, -0.25) is 0 Å². The molecule has 2 rings (SSSR count). The Morgan fingerprint density at radius 1 is 1.30 bits per heavy atom. The lowest BCUT2D eigenvalue weighted by Crippen LogP contribution is -2.47. The van der Waals surface area contributed by atoms with Crippen molar-refractivity contribution >= 4 is 0 Å². The molecule has 1 aliphatic rings. The van der Waals surface area contributed by atoms with Crippen molar-refractivity contribution < 1.29 is 19.3 Å². The number of aliphatic hydroxyl groups is 1. The minimum absolute atomic E-state index is 0.127. The molecule has 1 aliphatic heterocycles. The quantitative estimate of drug-likeness (QED) is 0.801. The van der Waals surface area contributed by atoms with Crippen molar-refractivity contribution in [3.8, 4) is 17.2 Å². The zero-order chi connectivity index (χ0) is 14.6. The predicted molar refractivity (Wildman–Crippen MR) is 76.4 cm³/mol. The molecule has 0 bridgehead atoms. The Morgan fingerprint density at radius 3 is 2.65 bits per heavy atom. The van der Waals surface area contributed by atoms with Gasteiger partial charge in [0.05, 0.1) is 13.7 Å². The Bertz CT molecular complexity index is 449. The van der Waals surface area contributed by atoms with E-state index in [-0.39, 0.29) is 18.9 Å². The third-order valence-corrected chi connectivity index (χ3v) is 4.04. The normalized spacial score (nSPS) is 13.6. The van der Waals surface area contributed by atoms with Gasteiger partial charge in [-0.05, 0) is 30.5 Å². The minimum atomic E-state index is -0.233. The van der Waals surface area contributed by atoms with Gasteiger partial charge in [-0.25, -0.2) is 0 Å². The fraction of sp³-hybridized carbons (Fsp3) is 0.600. The number of nitrogens with one attached hydrogen (secondary N) is 1. The van der Waals surface area contributed by atoms with E-state index in [0.717, 1.165) is 18.4 Å². The lowest BCUT2D eigenvalue weighted by molar-refractivity contribution is 0.149. The highest BCUT2D eigenvalue weighted by atomic mass is 16.7. The van der Waals surface area contributed by atoms with Crippen molar-refractivity contribution in [2.45, 2.75) is 38.8 Å². The number of benzene rings is 1. The van der Waals surface area contributed by atoms with Gasteiger partial charge in [-0.1, -0.05) is 13.8 Å². The molecule has 0 saturated carbocycles. The summed E-state index contributed by atoms with van der Waals surface area (Å²) in [5, 5.41) is 13.0. The zero-order valence-corrected chi connectivity index (χ0v) is 12.4. The maximum absolute atomic E-state index is 9.58. The van der Waals surface area contributed by atoms with Gasteiger partial charge in [0.25, 0.3) is 0 Å². The van der Waals surface area contributed by atoms with Gasteiger partial charge in [-0.15, -0.1) is 0 Å². The number of hydrogen-bond donors (Lipinski definition) is 2. The molecular weight excluding hydrogens is 258 g/mol. The van der Waals surface area contributed by atoms with Crippen molar-refractivity contribution in [3.63, 3.8) is 0 Å². The Labute approximate surface area is 119 Å². The van der Waals surface area contributed by atoms with Crippen LogP contribution in [0.3, 0.4) is 0 Å². The molecule has 5 nitrogen and oxygen atoms in total. The Hall–Kier alpha value is -1.46. The van der Waals surface area contributed by atoms with Crippen LogP contribution in [0.5, 0.6) is 17.2 Å². The molecule has 20 heavy (non-hydrogen) atoms. The molecule has 5 heteroatoms. The van der Waals surface area contributed by atoms with Gasteiger partial charge in [-0.2, -0.15) is 0 Å². The van der Waals surface area contributed by atoms with Crippen LogP contribution >= 0.6 is 0 Å². The van der Waals surface area contributed by atoms with Gasteiger partial charge in [0.2, 0.25) is 12.5 Å². The lowest BCUT2D eigenvalue weighted by atomic mass is 9.93. The van der Waals surface area contributed by atoms with Gasteiger partial charge in [0, 0.05) is 12.1 Å². The van der Waals surface area contributed by atoms with Crippen LogP contribution in [0.1, 0.15) is 32.3 Å². The summed E-state index contributed by atoms with van der Waals surface area (Å²) in [6, 6.07) is 3.89. The molecule has 0 amide bonds. The maximum Gasteiger partial charge on any atom is 0.231 e. The molecule has 0 spiro atoms. The molecule has 0 saturated heterocycles. The summed E-state index contributed by atoms with van der Waals surface area (Å²) < 4.78 is 16.1. The third-order valence-electron chi connectivity index (χ3n) is 4.04. The van der Waals surface area contributed by atoms with Crippen molar-refractivity contribution in [1.29, 1.82) is 0 Å².